The van der Waals surface area contributed by atoms with Crippen LogP contribution in [0.3, 0.4) is 0 Å². The van der Waals surface area contributed by atoms with Gasteiger partial charge in [0.15, 0.2) is 0 Å². The van der Waals surface area contributed by atoms with Gasteiger partial charge in [-0.3, -0.25) is 4.79 Å². The Kier molecular flexibility index (Phi) is 5.37. The summed E-state index contributed by atoms with van der Waals surface area (Å²) in [7, 11) is 1.41. The Hall–Kier alpha value is -1.89. The summed E-state index contributed by atoms with van der Waals surface area (Å²) < 4.78 is 7.96. The number of methoxy groups -OCH3 is 1. The molecule has 4 nitrogen and oxygen atoms in total. The number of hydrogen-bond acceptors (Lipinski definition) is 3. The van der Waals surface area contributed by atoms with Crippen LogP contribution in [0.15, 0.2) is 48.8 Å². The first kappa shape index (κ1) is 18.9. The Bertz CT molecular complexity index is 931. The van der Waals surface area contributed by atoms with Gasteiger partial charge in [-0.05, 0) is 63.9 Å². The normalized spacial score (nSPS) is 13.8. The Morgan fingerprint density at radius 2 is 1.96 bits per heavy atom. The molecule has 0 saturated carbocycles. The summed E-state index contributed by atoms with van der Waals surface area (Å²) >= 11 is 2.33. The molecule has 136 valence electrons. The minimum Gasteiger partial charge on any atom is -0.468 e. The molecule has 0 N–H and O–H groups in total. The molecule has 1 atom stereocenters. The summed E-state index contributed by atoms with van der Waals surface area (Å²) in [6.45, 7) is 6.89. The van der Waals surface area contributed by atoms with Crippen LogP contribution < -0.4 is 0 Å². The molecule has 0 aliphatic heterocycles. The van der Waals surface area contributed by atoms with Crippen LogP contribution in [0.25, 0.3) is 11.0 Å². The number of carbonyl (C=O) groups excluding carboxylic acids is 1. The fourth-order valence-corrected chi connectivity index (χ4v) is 3.82. The van der Waals surface area contributed by atoms with Gasteiger partial charge in [0, 0.05) is 26.8 Å². The fraction of sp³-hybridized carbons (Fsp3) is 0.333. The van der Waals surface area contributed by atoms with Crippen LogP contribution in [0, 0.1) is 9.49 Å². The summed E-state index contributed by atoms with van der Waals surface area (Å²) in [5.74, 6) is 0.0829. The maximum absolute atomic E-state index is 11.9. The van der Waals surface area contributed by atoms with Gasteiger partial charge in [-0.25, -0.2) is 4.98 Å². The first-order valence-corrected chi connectivity index (χ1v) is 9.73. The SMILES string of the molecule is COC(=O)Cn1cc(C(C)(c2ccc(I)cc2)C(C)C)c2cccnc21. The second kappa shape index (κ2) is 7.39. The molecular weight excluding hydrogens is 439 g/mol. The first-order valence-electron chi connectivity index (χ1n) is 8.65. The highest BCUT2D eigenvalue weighted by molar-refractivity contribution is 14.1. The smallest absolute Gasteiger partial charge is 0.325 e. The van der Waals surface area contributed by atoms with E-state index in [4.69, 9.17) is 4.74 Å². The molecule has 0 saturated heterocycles. The Balaban J connectivity index is 2.23. The highest BCUT2D eigenvalue weighted by Gasteiger charge is 2.35. The molecular formula is C21H23IN2O2. The molecule has 0 bridgehead atoms. The predicted octanol–water partition coefficient (Wildman–Crippen LogP) is 4.78. The second-order valence-corrected chi connectivity index (χ2v) is 8.23. The zero-order valence-electron chi connectivity index (χ0n) is 15.5. The average Bonchev–Trinajstić information content (AvgIpc) is 3.00. The number of benzene rings is 1. The van der Waals surface area contributed by atoms with Crippen molar-refractivity contribution < 1.29 is 9.53 Å². The molecule has 2 heterocycles. The van der Waals surface area contributed by atoms with Crippen LogP contribution in [0.2, 0.25) is 0 Å². The van der Waals surface area contributed by atoms with E-state index in [2.05, 4.69) is 84.9 Å². The molecule has 0 aliphatic carbocycles. The van der Waals surface area contributed by atoms with Gasteiger partial charge in [0.1, 0.15) is 12.2 Å². The van der Waals surface area contributed by atoms with Gasteiger partial charge in [-0.15, -0.1) is 0 Å². The van der Waals surface area contributed by atoms with Crippen molar-refractivity contribution in [1.29, 1.82) is 0 Å². The number of nitrogens with zero attached hydrogens (tertiary/aromatic N) is 2. The minimum absolute atomic E-state index is 0.158. The molecule has 5 heteroatoms. The average molecular weight is 462 g/mol. The number of pyridine rings is 1. The molecule has 3 rings (SSSR count). The molecule has 0 aliphatic rings. The van der Waals surface area contributed by atoms with Crippen LogP contribution in [-0.4, -0.2) is 22.6 Å². The largest absolute Gasteiger partial charge is 0.468 e. The molecule has 26 heavy (non-hydrogen) atoms. The summed E-state index contributed by atoms with van der Waals surface area (Å²) in [6.07, 6.45) is 3.82. The molecule has 1 unspecified atom stereocenters. The van der Waals surface area contributed by atoms with E-state index in [0.29, 0.717) is 5.92 Å². The van der Waals surface area contributed by atoms with Crippen molar-refractivity contribution in [3.63, 3.8) is 0 Å². The Labute approximate surface area is 167 Å². The van der Waals surface area contributed by atoms with Gasteiger partial charge in [-0.2, -0.15) is 0 Å². The van der Waals surface area contributed by atoms with Crippen molar-refractivity contribution in [2.24, 2.45) is 5.92 Å². The quantitative estimate of drug-likeness (QED) is 0.405. The summed E-state index contributed by atoms with van der Waals surface area (Å²) in [5.41, 5.74) is 3.05. The van der Waals surface area contributed by atoms with Crippen molar-refractivity contribution in [2.75, 3.05) is 7.11 Å². The summed E-state index contributed by atoms with van der Waals surface area (Å²) in [6, 6.07) is 12.7. The minimum atomic E-state index is -0.278. The van der Waals surface area contributed by atoms with Crippen molar-refractivity contribution in [3.8, 4) is 0 Å². The van der Waals surface area contributed by atoms with Crippen molar-refractivity contribution >= 4 is 39.6 Å². The molecule has 3 aromatic rings. The molecule has 2 aromatic heterocycles. The predicted molar refractivity (Wildman–Crippen MR) is 112 cm³/mol. The first-order chi connectivity index (χ1) is 12.4. The van der Waals surface area contributed by atoms with Gasteiger partial charge >= 0.3 is 5.97 Å². The topological polar surface area (TPSA) is 44.1 Å². The van der Waals surface area contributed by atoms with Crippen LogP contribution in [0.1, 0.15) is 31.9 Å². The lowest BCUT2D eigenvalue weighted by Crippen LogP contribution is -2.30. The fourth-order valence-electron chi connectivity index (χ4n) is 3.46. The lowest BCUT2D eigenvalue weighted by Gasteiger charge is -2.34. The number of esters is 1. The summed E-state index contributed by atoms with van der Waals surface area (Å²) in [5, 5.41) is 1.08. The molecule has 0 radical (unpaired) electrons. The number of carbonyl (C=O) groups is 1. The van der Waals surface area contributed by atoms with E-state index in [1.165, 1.54) is 21.8 Å². The lowest BCUT2D eigenvalue weighted by molar-refractivity contribution is -0.141. The standard InChI is InChI=1S/C21H23IN2O2/c1-14(2)21(3,15-7-9-16(22)10-8-15)18-12-24(13-19(25)26-4)20-17(18)6-5-11-23-20/h5-12,14H,13H2,1-4H3. The van der Waals surface area contributed by atoms with Crippen LogP contribution in [-0.2, 0) is 21.5 Å². The second-order valence-electron chi connectivity index (χ2n) is 6.99. The molecule has 1 aromatic carbocycles. The van der Waals surface area contributed by atoms with E-state index in [0.717, 1.165) is 11.0 Å². The number of aromatic nitrogens is 2. The van der Waals surface area contributed by atoms with E-state index in [9.17, 15) is 4.79 Å². The van der Waals surface area contributed by atoms with E-state index < -0.39 is 0 Å². The maximum Gasteiger partial charge on any atom is 0.325 e. The zero-order chi connectivity index (χ0) is 18.9. The zero-order valence-corrected chi connectivity index (χ0v) is 17.6. The third-order valence-electron chi connectivity index (χ3n) is 5.32. The van der Waals surface area contributed by atoms with Gasteiger partial charge < -0.3 is 9.30 Å². The highest BCUT2D eigenvalue weighted by Crippen LogP contribution is 2.42. The van der Waals surface area contributed by atoms with Crippen molar-refractivity contribution in [3.05, 3.63) is 63.5 Å². The van der Waals surface area contributed by atoms with E-state index >= 15 is 0 Å². The van der Waals surface area contributed by atoms with Gasteiger partial charge in [-0.1, -0.05) is 32.9 Å². The van der Waals surface area contributed by atoms with Crippen LogP contribution in [0.5, 0.6) is 0 Å². The van der Waals surface area contributed by atoms with Gasteiger partial charge in [0.2, 0.25) is 0 Å². The number of halogens is 1. The van der Waals surface area contributed by atoms with E-state index in [1.807, 2.05) is 10.6 Å². The van der Waals surface area contributed by atoms with Crippen LogP contribution >= 0.6 is 22.6 Å². The third-order valence-corrected chi connectivity index (χ3v) is 6.04. The van der Waals surface area contributed by atoms with E-state index in [1.54, 1.807) is 6.20 Å². The number of hydrogen-bond donors (Lipinski definition) is 0. The Morgan fingerprint density at radius 1 is 1.27 bits per heavy atom. The summed E-state index contributed by atoms with van der Waals surface area (Å²) in [4.78, 5) is 16.4. The van der Waals surface area contributed by atoms with E-state index in [-0.39, 0.29) is 17.9 Å². The number of rotatable bonds is 5. The third kappa shape index (κ3) is 3.24. The van der Waals surface area contributed by atoms with Gasteiger partial charge in [0.05, 0.1) is 7.11 Å². The number of ether oxygens (including phenoxy) is 1. The monoisotopic (exact) mass is 462 g/mol. The Morgan fingerprint density at radius 3 is 2.58 bits per heavy atom. The van der Waals surface area contributed by atoms with Crippen molar-refractivity contribution in [2.45, 2.75) is 32.7 Å². The van der Waals surface area contributed by atoms with Crippen molar-refractivity contribution in [1.82, 2.24) is 9.55 Å². The molecule has 0 amide bonds. The van der Waals surface area contributed by atoms with Gasteiger partial charge in [0.25, 0.3) is 0 Å². The number of fused-ring (bicyclic) bond motifs is 1. The lowest BCUT2D eigenvalue weighted by atomic mass is 9.68. The maximum atomic E-state index is 11.9. The highest BCUT2D eigenvalue weighted by atomic mass is 127. The molecule has 0 fully saturated rings. The molecule has 0 spiro atoms. The van der Waals surface area contributed by atoms with Crippen LogP contribution in [0.4, 0.5) is 0 Å².